The molecule has 3 nitrogen and oxygen atoms in total. The van der Waals surface area contributed by atoms with Crippen molar-refractivity contribution in [2.24, 2.45) is 4.99 Å². The molecule has 1 aliphatic carbocycles. The van der Waals surface area contributed by atoms with Gasteiger partial charge in [-0.15, -0.1) is 0 Å². The van der Waals surface area contributed by atoms with Gasteiger partial charge in [0.25, 0.3) is 0 Å². The third kappa shape index (κ3) is 1.76. The second-order valence-corrected chi connectivity index (χ2v) is 4.19. The minimum atomic E-state index is -4.43. The van der Waals surface area contributed by atoms with Crippen LogP contribution in [0.2, 0.25) is 0 Å². The molecule has 0 atom stereocenters. The van der Waals surface area contributed by atoms with Gasteiger partial charge >= 0.3 is 12.1 Å². The molecule has 19 heavy (non-hydrogen) atoms. The number of alkyl halides is 3. The van der Waals surface area contributed by atoms with E-state index in [1.807, 2.05) is 0 Å². The van der Waals surface area contributed by atoms with Crippen LogP contribution in [-0.4, -0.2) is 11.1 Å². The summed E-state index contributed by atoms with van der Waals surface area (Å²) in [5.74, 6) is -1.13. The monoisotopic (exact) mass is 265 g/mol. The van der Waals surface area contributed by atoms with E-state index in [9.17, 15) is 18.0 Å². The lowest BCUT2D eigenvalue weighted by Crippen LogP contribution is -2.25. The minimum absolute atomic E-state index is 0.0248. The van der Waals surface area contributed by atoms with Crippen LogP contribution in [0.25, 0.3) is 5.57 Å². The second-order valence-electron chi connectivity index (χ2n) is 4.19. The molecular formula is C13H6F3NO2. The van der Waals surface area contributed by atoms with Crippen LogP contribution in [0.15, 0.2) is 46.6 Å². The lowest BCUT2D eigenvalue weighted by atomic mass is 10.1. The highest BCUT2D eigenvalue weighted by Gasteiger charge is 2.31. The molecule has 0 amide bonds. The third-order valence-electron chi connectivity index (χ3n) is 2.97. The van der Waals surface area contributed by atoms with Crippen molar-refractivity contribution in [3.8, 4) is 0 Å². The number of halogens is 3. The predicted molar refractivity (Wildman–Crippen MR) is 59.4 cm³/mol. The van der Waals surface area contributed by atoms with Crippen molar-refractivity contribution in [2.75, 3.05) is 0 Å². The Morgan fingerprint density at radius 1 is 1.21 bits per heavy atom. The lowest BCUT2D eigenvalue weighted by Gasteiger charge is -2.05. The van der Waals surface area contributed by atoms with Gasteiger partial charge in [-0.05, 0) is 30.4 Å². The van der Waals surface area contributed by atoms with Gasteiger partial charge in [-0.2, -0.15) is 13.2 Å². The first-order chi connectivity index (χ1) is 8.86. The summed E-state index contributed by atoms with van der Waals surface area (Å²) in [6.07, 6.45) is -1.74. The summed E-state index contributed by atoms with van der Waals surface area (Å²) in [6, 6.07) is 3.25. The molecule has 0 saturated carbocycles. The molecule has 3 rings (SSSR count). The molecule has 1 N–H and O–H groups in total. The third-order valence-corrected chi connectivity index (χ3v) is 2.97. The topological polar surface area (TPSA) is 49.7 Å². The molecule has 0 aromatic heterocycles. The van der Waals surface area contributed by atoms with Crippen molar-refractivity contribution in [1.82, 2.24) is 0 Å². The molecule has 0 saturated heterocycles. The first-order valence-electron chi connectivity index (χ1n) is 5.33. The van der Waals surface area contributed by atoms with Crippen molar-refractivity contribution < 1.29 is 23.1 Å². The van der Waals surface area contributed by atoms with E-state index < -0.39 is 17.7 Å². The van der Waals surface area contributed by atoms with E-state index in [4.69, 9.17) is 5.11 Å². The van der Waals surface area contributed by atoms with E-state index in [1.54, 1.807) is 0 Å². The van der Waals surface area contributed by atoms with Crippen molar-refractivity contribution in [1.29, 1.82) is 0 Å². The molecular weight excluding hydrogens is 259 g/mol. The highest BCUT2D eigenvalue weighted by Crippen LogP contribution is 2.30. The fourth-order valence-corrected chi connectivity index (χ4v) is 2.08. The number of allylic oxidation sites excluding steroid dienone is 1. The Balaban J connectivity index is 2.26. The fraction of sp³-hybridized carbons (Fsp3) is 0.0769. The molecule has 0 spiro atoms. The number of hydrogen-bond donors (Lipinski definition) is 1. The molecule has 0 bridgehead atoms. The van der Waals surface area contributed by atoms with Crippen LogP contribution in [0.4, 0.5) is 13.2 Å². The highest BCUT2D eigenvalue weighted by molar-refractivity contribution is 5.98. The van der Waals surface area contributed by atoms with Crippen LogP contribution in [0.1, 0.15) is 5.56 Å². The summed E-state index contributed by atoms with van der Waals surface area (Å²) < 4.78 is 37.9. The molecule has 6 heteroatoms. The van der Waals surface area contributed by atoms with Crippen molar-refractivity contribution in [3.63, 3.8) is 0 Å². The number of aliphatic carboxylic acids is 1. The van der Waals surface area contributed by atoms with Crippen molar-refractivity contribution in [3.05, 3.63) is 57.8 Å². The van der Waals surface area contributed by atoms with Gasteiger partial charge in [0, 0.05) is 10.8 Å². The molecule has 0 radical (unpaired) electrons. The van der Waals surface area contributed by atoms with E-state index in [-0.39, 0.29) is 5.57 Å². The summed E-state index contributed by atoms with van der Waals surface area (Å²) in [4.78, 5) is 14.9. The molecule has 0 unspecified atom stereocenters. The van der Waals surface area contributed by atoms with Crippen LogP contribution in [0, 0.1) is 0 Å². The van der Waals surface area contributed by atoms with E-state index in [0.29, 0.717) is 21.8 Å². The van der Waals surface area contributed by atoms with Crippen molar-refractivity contribution >= 4 is 11.5 Å². The lowest BCUT2D eigenvalue weighted by molar-refractivity contribution is -0.137. The van der Waals surface area contributed by atoms with Gasteiger partial charge in [0.2, 0.25) is 0 Å². The summed E-state index contributed by atoms with van der Waals surface area (Å²) >= 11 is 0. The predicted octanol–water partition coefficient (Wildman–Crippen LogP) is 1.40. The zero-order valence-corrected chi connectivity index (χ0v) is 9.32. The van der Waals surface area contributed by atoms with Crippen LogP contribution in [0.3, 0.4) is 0 Å². The van der Waals surface area contributed by atoms with Gasteiger partial charge in [-0.25, -0.2) is 9.79 Å². The number of fused-ring (bicyclic) bond motifs is 2. The Morgan fingerprint density at radius 2 is 1.95 bits per heavy atom. The Labute approximate surface area is 104 Å². The molecule has 0 fully saturated rings. The van der Waals surface area contributed by atoms with E-state index in [0.717, 1.165) is 12.1 Å². The summed E-state index contributed by atoms with van der Waals surface area (Å²) in [5.41, 5.74) is 0.0782. The van der Waals surface area contributed by atoms with Gasteiger partial charge in [-0.3, -0.25) is 0 Å². The second kappa shape index (κ2) is 3.57. The summed E-state index contributed by atoms with van der Waals surface area (Å²) in [7, 11) is 0. The Hall–Kier alpha value is -2.37. The Bertz CT molecular complexity index is 785. The highest BCUT2D eigenvalue weighted by atomic mass is 19.4. The molecule has 2 aliphatic rings. The van der Waals surface area contributed by atoms with Crippen LogP contribution < -0.4 is 10.6 Å². The number of benzene rings is 1. The average Bonchev–Trinajstić information content (AvgIpc) is 2.83. The maximum atomic E-state index is 12.6. The average molecular weight is 265 g/mol. The van der Waals surface area contributed by atoms with Crippen molar-refractivity contribution in [2.45, 2.75) is 6.18 Å². The van der Waals surface area contributed by atoms with Crippen LogP contribution >= 0.6 is 0 Å². The SMILES string of the molecule is O=C(O)C1=CC2=c3cc(C(F)(F)F)ccc3=NC2=C1. The van der Waals surface area contributed by atoms with E-state index >= 15 is 0 Å². The number of rotatable bonds is 1. The zero-order valence-electron chi connectivity index (χ0n) is 9.32. The maximum absolute atomic E-state index is 12.6. The van der Waals surface area contributed by atoms with Gasteiger partial charge in [0.1, 0.15) is 0 Å². The first kappa shape index (κ1) is 11.7. The van der Waals surface area contributed by atoms with Gasteiger partial charge in [0.05, 0.1) is 22.2 Å². The minimum Gasteiger partial charge on any atom is -0.478 e. The van der Waals surface area contributed by atoms with E-state index in [1.165, 1.54) is 18.2 Å². The Kier molecular flexibility index (Phi) is 2.20. The van der Waals surface area contributed by atoms with Gasteiger partial charge in [0.15, 0.2) is 0 Å². The normalized spacial score (nSPS) is 16.5. The molecule has 96 valence electrons. The Morgan fingerprint density at radius 3 is 2.58 bits per heavy atom. The molecule has 1 aliphatic heterocycles. The van der Waals surface area contributed by atoms with Gasteiger partial charge < -0.3 is 5.11 Å². The number of carboxylic acid groups (broad SMARTS) is 1. The van der Waals surface area contributed by atoms with Crippen LogP contribution in [0.5, 0.6) is 0 Å². The molecule has 1 heterocycles. The number of carboxylic acids is 1. The summed E-state index contributed by atoms with van der Waals surface area (Å²) in [6.45, 7) is 0. The number of nitrogens with zero attached hydrogens (tertiary/aromatic N) is 1. The number of carbonyl (C=O) groups is 1. The molecule has 1 aromatic carbocycles. The number of hydrogen-bond acceptors (Lipinski definition) is 2. The standard InChI is InChI=1S/C13H6F3NO2/c14-13(15,16)7-1-2-10-9(5-7)8-3-6(12(18)19)4-11(8)17-10/h1-5H,(H,18,19). The maximum Gasteiger partial charge on any atom is 0.416 e. The molecule has 1 aromatic rings. The smallest absolute Gasteiger partial charge is 0.416 e. The zero-order chi connectivity index (χ0) is 13.8. The first-order valence-corrected chi connectivity index (χ1v) is 5.33. The quantitative estimate of drug-likeness (QED) is 0.834. The largest absolute Gasteiger partial charge is 0.478 e. The summed E-state index contributed by atoms with van der Waals surface area (Å²) in [5, 5.41) is 9.60. The van der Waals surface area contributed by atoms with Gasteiger partial charge in [-0.1, -0.05) is 0 Å². The van der Waals surface area contributed by atoms with Crippen LogP contribution in [-0.2, 0) is 11.0 Å². The fourth-order valence-electron chi connectivity index (χ4n) is 2.08. The van der Waals surface area contributed by atoms with E-state index in [2.05, 4.69) is 4.99 Å².